The van der Waals surface area contributed by atoms with Crippen LogP contribution < -0.4 is 5.73 Å². The molecule has 0 saturated carbocycles. The summed E-state index contributed by atoms with van der Waals surface area (Å²) in [4.78, 5) is 2.33. The molecule has 0 radical (unpaired) electrons. The molecule has 1 rings (SSSR count). The van der Waals surface area contributed by atoms with E-state index in [9.17, 15) is 0 Å². The van der Waals surface area contributed by atoms with Crippen LogP contribution in [-0.2, 0) is 0 Å². The van der Waals surface area contributed by atoms with Crippen molar-refractivity contribution in [1.29, 1.82) is 0 Å². The average Bonchev–Trinajstić information content (AvgIpc) is 2.06. The highest BCUT2D eigenvalue weighted by Crippen LogP contribution is 2.20. The zero-order valence-corrected chi connectivity index (χ0v) is 8.31. The molecule has 0 aromatic heterocycles. The van der Waals surface area contributed by atoms with Crippen molar-refractivity contribution in [3.8, 4) is 0 Å². The molecule has 2 nitrogen and oxygen atoms in total. The van der Waals surface area contributed by atoms with E-state index in [2.05, 4.69) is 11.9 Å². The lowest BCUT2D eigenvalue weighted by Gasteiger charge is -2.28. The monoisotopic (exact) mass is 184 g/mol. The Balaban J connectivity index is 2.44. The molecule has 3 heteroatoms. The third-order valence-corrected chi connectivity index (χ3v) is 2.59. The second kappa shape index (κ2) is 4.58. The molecule has 68 valence electrons. The largest absolute Gasteiger partial charge is 0.402 e. The molecule has 0 spiro atoms. The maximum Gasteiger partial charge on any atom is 0.0121 e. The van der Waals surface area contributed by atoms with E-state index >= 15 is 0 Å². The predicted octanol–water partition coefficient (Wildman–Crippen LogP) is 1.17. The Kier molecular flexibility index (Phi) is 3.69. The van der Waals surface area contributed by atoms with Crippen molar-refractivity contribution < 1.29 is 0 Å². The van der Waals surface area contributed by atoms with Gasteiger partial charge < -0.3 is 10.6 Å². The maximum atomic E-state index is 5.85. The van der Waals surface area contributed by atoms with Crippen LogP contribution in [0.2, 0.25) is 0 Å². The second-order valence-corrected chi connectivity index (χ2v) is 3.65. The lowest BCUT2D eigenvalue weighted by Crippen LogP contribution is -2.32. The summed E-state index contributed by atoms with van der Waals surface area (Å²) in [5.41, 5.74) is 6.81. The maximum absolute atomic E-state index is 5.85. The van der Waals surface area contributed by atoms with Gasteiger partial charge in [-0.05, 0) is 39.1 Å². The Morgan fingerprint density at radius 2 is 2.08 bits per heavy atom. The first-order valence-electron chi connectivity index (χ1n) is 4.33. The van der Waals surface area contributed by atoms with Gasteiger partial charge in [0.1, 0.15) is 0 Å². The molecule has 0 aromatic carbocycles. The minimum Gasteiger partial charge on any atom is -0.402 e. The van der Waals surface area contributed by atoms with Gasteiger partial charge in [0, 0.05) is 17.0 Å². The van der Waals surface area contributed by atoms with Crippen molar-refractivity contribution in [2.24, 2.45) is 11.7 Å². The summed E-state index contributed by atoms with van der Waals surface area (Å²) in [6.07, 6.45) is 4.19. The molecular weight excluding hydrogens is 168 g/mol. The zero-order chi connectivity index (χ0) is 8.97. The number of allylic oxidation sites excluding steroid dienone is 2. The molecule has 0 aromatic rings. The second-order valence-electron chi connectivity index (χ2n) is 3.38. The highest BCUT2D eigenvalue weighted by Gasteiger charge is 2.17. The summed E-state index contributed by atoms with van der Waals surface area (Å²) in [6.45, 7) is 2.30. The average molecular weight is 184 g/mol. The van der Waals surface area contributed by atoms with Crippen LogP contribution in [0.5, 0.6) is 0 Å². The summed E-state index contributed by atoms with van der Waals surface area (Å²) in [5.74, 6) is 0.556. The Morgan fingerprint density at radius 3 is 2.58 bits per heavy atom. The molecule has 0 unspecified atom stereocenters. The van der Waals surface area contributed by atoms with E-state index < -0.39 is 0 Å². The fourth-order valence-corrected chi connectivity index (χ4v) is 1.71. The van der Waals surface area contributed by atoms with Gasteiger partial charge in [-0.3, -0.25) is 0 Å². The number of likely N-dealkylation sites (tertiary alicyclic amines) is 1. The summed E-state index contributed by atoms with van der Waals surface area (Å²) in [6, 6.07) is 0. The smallest absolute Gasteiger partial charge is 0.0121 e. The molecule has 1 fully saturated rings. The van der Waals surface area contributed by atoms with Gasteiger partial charge in [-0.25, -0.2) is 0 Å². The number of hydrogen-bond acceptors (Lipinski definition) is 3. The molecule has 12 heavy (non-hydrogen) atoms. The molecule has 1 aliphatic heterocycles. The minimum absolute atomic E-state index is 0.556. The van der Waals surface area contributed by atoms with Crippen LogP contribution in [0, 0.1) is 5.92 Å². The molecule has 1 aliphatic rings. The van der Waals surface area contributed by atoms with E-state index in [0.29, 0.717) is 5.92 Å². The molecular formula is C9H16N2S. The van der Waals surface area contributed by atoms with Gasteiger partial charge in [-0.2, -0.15) is 0 Å². The Bertz CT molecular complexity index is 181. The van der Waals surface area contributed by atoms with E-state index in [4.69, 9.17) is 18.0 Å². The predicted molar refractivity (Wildman–Crippen MR) is 56.1 cm³/mol. The normalized spacial score (nSPS) is 22.6. The van der Waals surface area contributed by atoms with Gasteiger partial charge in [0.25, 0.3) is 0 Å². The van der Waals surface area contributed by atoms with Crippen LogP contribution in [0.25, 0.3) is 0 Å². The molecule has 0 aliphatic carbocycles. The van der Waals surface area contributed by atoms with Crippen LogP contribution >= 0.6 is 12.2 Å². The Labute approximate surface area is 79.4 Å². The van der Waals surface area contributed by atoms with Gasteiger partial charge in [-0.1, -0.05) is 12.2 Å². The molecule has 1 heterocycles. The first kappa shape index (κ1) is 9.68. The zero-order valence-electron chi connectivity index (χ0n) is 7.49. The van der Waals surface area contributed by atoms with Crippen molar-refractivity contribution in [3.63, 3.8) is 0 Å². The van der Waals surface area contributed by atoms with Crippen molar-refractivity contribution in [2.45, 2.75) is 12.8 Å². The van der Waals surface area contributed by atoms with Crippen molar-refractivity contribution in [3.05, 3.63) is 11.8 Å². The van der Waals surface area contributed by atoms with E-state index in [0.717, 1.165) is 18.8 Å². The minimum atomic E-state index is 0.556. The molecule has 2 N–H and O–H groups in total. The van der Waals surface area contributed by atoms with Gasteiger partial charge in [0.2, 0.25) is 0 Å². The van der Waals surface area contributed by atoms with E-state index in [1.54, 1.807) is 5.37 Å². The number of nitrogens with two attached hydrogens (primary N) is 1. The van der Waals surface area contributed by atoms with Gasteiger partial charge >= 0.3 is 0 Å². The van der Waals surface area contributed by atoms with Crippen LogP contribution in [0.4, 0.5) is 0 Å². The quantitative estimate of drug-likeness (QED) is 0.516. The van der Waals surface area contributed by atoms with Crippen LogP contribution in [0.1, 0.15) is 12.8 Å². The summed E-state index contributed by atoms with van der Waals surface area (Å²) < 4.78 is 0. The van der Waals surface area contributed by atoms with Crippen LogP contribution in [0.3, 0.4) is 0 Å². The number of rotatable bonds is 2. The molecule has 0 bridgehead atoms. The summed E-state index contributed by atoms with van der Waals surface area (Å²) in [7, 11) is 2.15. The lowest BCUT2D eigenvalue weighted by atomic mass is 9.94. The Morgan fingerprint density at radius 1 is 1.50 bits per heavy atom. The van der Waals surface area contributed by atoms with Crippen molar-refractivity contribution in [1.82, 2.24) is 4.90 Å². The number of thiocarbonyl (C=S) groups is 1. The first-order valence-corrected chi connectivity index (χ1v) is 4.80. The van der Waals surface area contributed by atoms with Crippen LogP contribution in [0.15, 0.2) is 11.8 Å². The van der Waals surface area contributed by atoms with E-state index in [1.165, 1.54) is 12.8 Å². The SMILES string of the molecule is CN1CCC(C(N)=CC=S)CC1. The van der Waals surface area contributed by atoms with Gasteiger partial charge in [0.15, 0.2) is 0 Å². The fourth-order valence-electron chi connectivity index (χ4n) is 1.56. The highest BCUT2D eigenvalue weighted by molar-refractivity contribution is 7.79. The summed E-state index contributed by atoms with van der Waals surface area (Å²) in [5, 5.41) is 1.60. The number of nitrogens with zero attached hydrogens (tertiary/aromatic N) is 1. The van der Waals surface area contributed by atoms with Crippen LogP contribution in [-0.4, -0.2) is 30.4 Å². The highest BCUT2D eigenvalue weighted by atomic mass is 32.1. The molecule has 1 saturated heterocycles. The summed E-state index contributed by atoms with van der Waals surface area (Å²) >= 11 is 4.73. The number of piperidine rings is 1. The third-order valence-electron chi connectivity index (χ3n) is 2.45. The molecule has 0 atom stereocenters. The van der Waals surface area contributed by atoms with Gasteiger partial charge in [-0.15, -0.1) is 0 Å². The third kappa shape index (κ3) is 2.57. The van der Waals surface area contributed by atoms with E-state index in [1.807, 2.05) is 6.08 Å². The van der Waals surface area contributed by atoms with E-state index in [-0.39, 0.29) is 0 Å². The lowest BCUT2D eigenvalue weighted by molar-refractivity contribution is 0.237. The van der Waals surface area contributed by atoms with Crippen molar-refractivity contribution in [2.75, 3.05) is 20.1 Å². The standard InChI is InChI=1S/C9H16N2S/c1-11-5-2-8(3-6-11)9(10)4-7-12/h4,7-8H,2-3,5-6,10H2,1H3. The fraction of sp³-hybridized carbons (Fsp3) is 0.667. The topological polar surface area (TPSA) is 29.3 Å². The van der Waals surface area contributed by atoms with Gasteiger partial charge in [0.05, 0.1) is 0 Å². The van der Waals surface area contributed by atoms with Crippen molar-refractivity contribution >= 4 is 17.6 Å². The number of hydrogen-bond donors (Lipinski definition) is 1. The Hall–Kier alpha value is -0.410. The first-order chi connectivity index (χ1) is 5.74. The molecule has 0 amide bonds.